The largest absolute Gasteiger partial charge is 0.486 e. The van der Waals surface area contributed by atoms with Gasteiger partial charge in [-0.2, -0.15) is 5.26 Å². The second-order valence-electron chi connectivity index (χ2n) is 4.23. The number of carbonyl (C=O) groups is 1. The Balaban J connectivity index is 2.28. The van der Waals surface area contributed by atoms with Gasteiger partial charge in [-0.15, -0.1) is 0 Å². The lowest BCUT2D eigenvalue weighted by Gasteiger charge is -2.24. The number of nitrogens with zero attached hydrogens (tertiary/aromatic N) is 2. The van der Waals surface area contributed by atoms with Gasteiger partial charge in [-0.05, 0) is 25.1 Å². The number of anilines is 1. The molecule has 5 nitrogen and oxygen atoms in total. The van der Waals surface area contributed by atoms with Crippen molar-refractivity contribution in [2.75, 3.05) is 24.7 Å². The highest BCUT2D eigenvalue weighted by Gasteiger charge is 2.17. The van der Waals surface area contributed by atoms with Crippen LogP contribution >= 0.6 is 0 Å². The summed E-state index contributed by atoms with van der Waals surface area (Å²) in [6.07, 6.45) is 3.44. The number of benzene rings is 1. The van der Waals surface area contributed by atoms with Crippen LogP contribution in [0.3, 0.4) is 0 Å². The molecular formula is C15H16N2O3. The van der Waals surface area contributed by atoms with E-state index in [0.29, 0.717) is 36.9 Å². The molecule has 1 aliphatic rings. The third-order valence-electron chi connectivity index (χ3n) is 2.86. The van der Waals surface area contributed by atoms with Crippen LogP contribution in [0.1, 0.15) is 13.3 Å². The van der Waals surface area contributed by atoms with Gasteiger partial charge in [0.15, 0.2) is 11.5 Å². The lowest BCUT2D eigenvalue weighted by atomic mass is 10.2. The first-order valence-corrected chi connectivity index (χ1v) is 6.47. The van der Waals surface area contributed by atoms with Crippen molar-refractivity contribution in [3.8, 4) is 17.6 Å². The van der Waals surface area contributed by atoms with Gasteiger partial charge in [-0.1, -0.05) is 6.08 Å². The van der Waals surface area contributed by atoms with Crippen LogP contribution in [0.5, 0.6) is 11.5 Å². The van der Waals surface area contributed by atoms with Crippen molar-refractivity contribution < 1.29 is 14.3 Å². The first-order valence-electron chi connectivity index (χ1n) is 6.47. The zero-order valence-corrected chi connectivity index (χ0v) is 11.3. The SMILES string of the molecule is C/C=C/C(=O)N(CCC#N)c1ccc2c(c1)OCCO2. The molecule has 104 valence electrons. The van der Waals surface area contributed by atoms with Crippen LogP contribution in [0.25, 0.3) is 0 Å². The molecule has 1 heterocycles. The minimum absolute atomic E-state index is 0.153. The smallest absolute Gasteiger partial charge is 0.250 e. The van der Waals surface area contributed by atoms with Crippen LogP contribution < -0.4 is 14.4 Å². The summed E-state index contributed by atoms with van der Waals surface area (Å²) in [5.41, 5.74) is 0.701. The molecule has 0 saturated carbocycles. The molecule has 0 saturated heterocycles. The monoisotopic (exact) mass is 272 g/mol. The third kappa shape index (κ3) is 3.09. The highest BCUT2D eigenvalue weighted by Crippen LogP contribution is 2.34. The molecular weight excluding hydrogens is 256 g/mol. The maximum Gasteiger partial charge on any atom is 0.250 e. The summed E-state index contributed by atoms with van der Waals surface area (Å²) in [7, 11) is 0. The van der Waals surface area contributed by atoms with Gasteiger partial charge in [0.05, 0.1) is 12.5 Å². The standard InChI is InChI=1S/C15H16N2O3/c1-2-4-15(18)17(8-3-7-16)12-5-6-13-14(11-12)20-10-9-19-13/h2,4-6,11H,3,8-10H2,1H3/b4-2+. The number of hydrogen-bond donors (Lipinski definition) is 0. The number of ether oxygens (including phenoxy) is 2. The first-order chi connectivity index (χ1) is 9.76. The van der Waals surface area contributed by atoms with E-state index in [1.54, 1.807) is 36.1 Å². The van der Waals surface area contributed by atoms with Gasteiger partial charge in [0.25, 0.3) is 5.91 Å². The number of nitriles is 1. The minimum Gasteiger partial charge on any atom is -0.486 e. The van der Waals surface area contributed by atoms with Crippen LogP contribution in [-0.4, -0.2) is 25.7 Å². The van der Waals surface area contributed by atoms with E-state index < -0.39 is 0 Å². The van der Waals surface area contributed by atoms with Crippen molar-refractivity contribution in [2.24, 2.45) is 0 Å². The van der Waals surface area contributed by atoms with Crippen molar-refractivity contribution in [1.82, 2.24) is 0 Å². The molecule has 0 bridgehead atoms. The minimum atomic E-state index is -0.153. The van der Waals surface area contributed by atoms with Crippen molar-refractivity contribution in [1.29, 1.82) is 5.26 Å². The van der Waals surface area contributed by atoms with Gasteiger partial charge in [0.1, 0.15) is 13.2 Å². The van der Waals surface area contributed by atoms with Crippen LogP contribution in [-0.2, 0) is 4.79 Å². The molecule has 0 aromatic heterocycles. The Labute approximate surface area is 118 Å². The van der Waals surface area contributed by atoms with Crippen molar-refractivity contribution in [3.63, 3.8) is 0 Å². The fraction of sp³-hybridized carbons (Fsp3) is 0.333. The number of rotatable bonds is 4. The fourth-order valence-corrected chi connectivity index (χ4v) is 1.96. The summed E-state index contributed by atoms with van der Waals surface area (Å²) < 4.78 is 11.0. The summed E-state index contributed by atoms with van der Waals surface area (Å²) in [5, 5.41) is 8.72. The van der Waals surface area contributed by atoms with Crippen LogP contribution in [0, 0.1) is 11.3 Å². The maximum atomic E-state index is 12.1. The molecule has 1 aromatic carbocycles. The molecule has 0 N–H and O–H groups in total. The molecule has 0 fully saturated rings. The average Bonchev–Trinajstić information content (AvgIpc) is 2.48. The van der Waals surface area contributed by atoms with E-state index in [1.807, 2.05) is 0 Å². The fourth-order valence-electron chi connectivity index (χ4n) is 1.96. The molecule has 1 aromatic rings. The Morgan fingerprint density at radius 1 is 1.40 bits per heavy atom. The second kappa shape index (κ2) is 6.62. The predicted octanol–water partition coefficient (Wildman–Crippen LogP) is 2.28. The van der Waals surface area contributed by atoms with E-state index in [-0.39, 0.29) is 12.3 Å². The number of amides is 1. The van der Waals surface area contributed by atoms with Crippen molar-refractivity contribution in [3.05, 3.63) is 30.4 Å². The molecule has 20 heavy (non-hydrogen) atoms. The van der Waals surface area contributed by atoms with Crippen LogP contribution in [0.2, 0.25) is 0 Å². The van der Waals surface area contributed by atoms with E-state index >= 15 is 0 Å². The molecule has 1 aliphatic heterocycles. The number of fused-ring (bicyclic) bond motifs is 1. The number of hydrogen-bond acceptors (Lipinski definition) is 4. The Bertz CT molecular complexity index is 561. The lowest BCUT2D eigenvalue weighted by molar-refractivity contribution is -0.114. The third-order valence-corrected chi connectivity index (χ3v) is 2.86. The Kier molecular flexibility index (Phi) is 4.61. The summed E-state index contributed by atoms with van der Waals surface area (Å²) in [6, 6.07) is 7.41. The zero-order chi connectivity index (χ0) is 14.4. The summed E-state index contributed by atoms with van der Waals surface area (Å²) >= 11 is 0. The number of allylic oxidation sites excluding steroid dienone is 1. The Hall–Kier alpha value is -2.48. The van der Waals surface area contributed by atoms with Gasteiger partial charge >= 0.3 is 0 Å². The van der Waals surface area contributed by atoms with Crippen molar-refractivity contribution >= 4 is 11.6 Å². The Morgan fingerprint density at radius 2 is 2.15 bits per heavy atom. The van der Waals surface area contributed by atoms with Gasteiger partial charge < -0.3 is 14.4 Å². The van der Waals surface area contributed by atoms with E-state index in [0.717, 1.165) is 0 Å². The first kappa shape index (κ1) is 13.9. The molecule has 2 rings (SSSR count). The predicted molar refractivity (Wildman–Crippen MR) is 74.8 cm³/mol. The normalized spacial score (nSPS) is 13.0. The van der Waals surface area contributed by atoms with Gasteiger partial charge in [0.2, 0.25) is 0 Å². The molecule has 1 amide bonds. The van der Waals surface area contributed by atoms with Gasteiger partial charge in [-0.3, -0.25) is 4.79 Å². The number of carbonyl (C=O) groups excluding carboxylic acids is 1. The Morgan fingerprint density at radius 3 is 2.85 bits per heavy atom. The lowest BCUT2D eigenvalue weighted by Crippen LogP contribution is -2.30. The zero-order valence-electron chi connectivity index (χ0n) is 11.3. The van der Waals surface area contributed by atoms with Crippen LogP contribution in [0.4, 0.5) is 5.69 Å². The molecule has 0 unspecified atom stereocenters. The van der Waals surface area contributed by atoms with E-state index in [2.05, 4.69) is 6.07 Å². The van der Waals surface area contributed by atoms with E-state index in [1.165, 1.54) is 6.08 Å². The average molecular weight is 272 g/mol. The summed E-state index contributed by atoms with van der Waals surface area (Å²) in [6.45, 7) is 3.16. The summed E-state index contributed by atoms with van der Waals surface area (Å²) in [5.74, 6) is 1.15. The molecule has 0 spiro atoms. The van der Waals surface area contributed by atoms with E-state index in [9.17, 15) is 4.79 Å². The molecule has 0 atom stereocenters. The summed E-state index contributed by atoms with van der Waals surface area (Å²) in [4.78, 5) is 13.6. The molecule has 0 aliphatic carbocycles. The molecule has 0 radical (unpaired) electrons. The van der Waals surface area contributed by atoms with Gasteiger partial charge in [0, 0.05) is 18.3 Å². The highest BCUT2D eigenvalue weighted by atomic mass is 16.6. The second-order valence-corrected chi connectivity index (χ2v) is 4.23. The maximum absolute atomic E-state index is 12.1. The topological polar surface area (TPSA) is 62.6 Å². The van der Waals surface area contributed by atoms with Gasteiger partial charge in [-0.25, -0.2) is 0 Å². The quantitative estimate of drug-likeness (QED) is 0.789. The van der Waals surface area contributed by atoms with E-state index in [4.69, 9.17) is 14.7 Å². The highest BCUT2D eigenvalue weighted by molar-refractivity contribution is 6.01. The van der Waals surface area contributed by atoms with Crippen LogP contribution in [0.15, 0.2) is 30.4 Å². The van der Waals surface area contributed by atoms with Crippen molar-refractivity contribution in [2.45, 2.75) is 13.3 Å². The molecule has 5 heteroatoms.